The molecule has 1 amide bonds. The van der Waals surface area contributed by atoms with Gasteiger partial charge in [0.25, 0.3) is 0 Å². The molecule has 1 unspecified atom stereocenters. The molecule has 3 fully saturated rings. The van der Waals surface area contributed by atoms with Gasteiger partial charge in [0.1, 0.15) is 0 Å². The molecule has 3 N–H and O–H groups in total. The van der Waals surface area contributed by atoms with E-state index in [1.165, 1.54) is 25.7 Å². The van der Waals surface area contributed by atoms with Gasteiger partial charge in [0, 0.05) is 37.1 Å². The van der Waals surface area contributed by atoms with Gasteiger partial charge in [-0.3, -0.25) is 10.3 Å². The summed E-state index contributed by atoms with van der Waals surface area (Å²) in [5, 5.41) is 14.0. The second-order valence-electron chi connectivity index (χ2n) is 11.7. The van der Waals surface area contributed by atoms with Crippen LogP contribution >= 0.6 is 11.6 Å². The average molecular weight is 554 g/mol. The van der Waals surface area contributed by atoms with Crippen LogP contribution in [-0.2, 0) is 11.4 Å². The molecule has 39 heavy (non-hydrogen) atoms. The number of hydrogen-bond acceptors (Lipinski definition) is 8. The van der Waals surface area contributed by atoms with Gasteiger partial charge >= 0.3 is 6.09 Å². The Bertz CT molecular complexity index is 1370. The van der Waals surface area contributed by atoms with Gasteiger partial charge in [0.05, 0.1) is 33.5 Å². The Hall–Kier alpha value is -2.95. The number of hydrogen-bond donors (Lipinski definition) is 3. The molecular formula is C28H36ClN7O3. The summed E-state index contributed by atoms with van der Waals surface area (Å²) in [5.41, 5.74) is 6.43. The van der Waals surface area contributed by atoms with Gasteiger partial charge in [0.15, 0.2) is 6.17 Å². The van der Waals surface area contributed by atoms with Crippen molar-refractivity contribution in [2.75, 3.05) is 11.4 Å². The molecule has 1 aliphatic carbocycles. The lowest BCUT2D eigenvalue weighted by Crippen LogP contribution is -2.36. The number of carbonyl (C=O) groups excluding carboxylic acids is 1. The Balaban J connectivity index is 1.55. The van der Waals surface area contributed by atoms with Gasteiger partial charge in [-0.2, -0.15) is 0 Å². The summed E-state index contributed by atoms with van der Waals surface area (Å²) in [4.78, 5) is 33.6. The summed E-state index contributed by atoms with van der Waals surface area (Å²) in [7, 11) is 0. The summed E-state index contributed by atoms with van der Waals surface area (Å²) >= 11 is 6.38. The van der Waals surface area contributed by atoms with Crippen LogP contribution in [0.1, 0.15) is 64.7 Å². The van der Waals surface area contributed by atoms with Gasteiger partial charge < -0.3 is 19.4 Å². The zero-order chi connectivity index (χ0) is 27.3. The maximum absolute atomic E-state index is 11.8. The van der Waals surface area contributed by atoms with Crippen molar-refractivity contribution in [1.29, 1.82) is 0 Å². The summed E-state index contributed by atoms with van der Waals surface area (Å²) in [6.45, 7) is 8.09. The van der Waals surface area contributed by atoms with Crippen LogP contribution in [0.2, 0.25) is 5.02 Å². The van der Waals surface area contributed by atoms with Crippen molar-refractivity contribution in [2.45, 2.75) is 77.7 Å². The van der Waals surface area contributed by atoms with Gasteiger partial charge in [-0.25, -0.2) is 14.8 Å². The van der Waals surface area contributed by atoms with Gasteiger partial charge in [0.2, 0.25) is 5.95 Å². The zero-order valence-corrected chi connectivity index (χ0v) is 23.4. The first kappa shape index (κ1) is 26.3. The second kappa shape index (κ2) is 10.6. The lowest BCUT2D eigenvalue weighted by molar-refractivity contribution is 0.121. The number of imidazole rings is 1. The Labute approximate surface area is 233 Å². The number of aliphatic hydroxyl groups excluding tert-OH is 1. The lowest BCUT2D eigenvalue weighted by Gasteiger charge is -2.31. The van der Waals surface area contributed by atoms with Gasteiger partial charge in [-0.1, -0.05) is 45.2 Å². The van der Waals surface area contributed by atoms with E-state index in [-0.39, 0.29) is 6.04 Å². The van der Waals surface area contributed by atoms with Crippen LogP contribution in [0.4, 0.5) is 10.7 Å². The van der Waals surface area contributed by atoms with Crippen molar-refractivity contribution in [2.24, 2.45) is 17.8 Å². The van der Waals surface area contributed by atoms with Crippen molar-refractivity contribution < 1.29 is 14.7 Å². The number of anilines is 1. The molecular weight excluding hydrogens is 518 g/mol. The van der Waals surface area contributed by atoms with Crippen LogP contribution in [0.25, 0.3) is 22.3 Å². The van der Waals surface area contributed by atoms with E-state index in [9.17, 15) is 9.90 Å². The number of β-amino-alcohol motifs (C(OH)–C–C–N with tert-alkyl or cyclic N) is 1. The molecule has 208 valence electrons. The number of fused-ring (bicyclic) bond motifs is 1. The van der Waals surface area contributed by atoms with E-state index in [1.807, 2.05) is 12.1 Å². The van der Waals surface area contributed by atoms with Crippen LogP contribution in [0.3, 0.4) is 0 Å². The smallest absolute Gasteiger partial charge is 0.391 e. The maximum atomic E-state index is 11.8. The second-order valence-corrected chi connectivity index (χ2v) is 12.2. The van der Waals surface area contributed by atoms with Crippen molar-refractivity contribution in [3.8, 4) is 11.3 Å². The normalized spacial score (nSPS) is 27.4. The quantitative estimate of drug-likeness (QED) is 0.398. The predicted octanol–water partition coefficient (Wildman–Crippen LogP) is 4.81. The number of aromatic nitrogens is 4. The fourth-order valence-corrected chi connectivity index (χ4v) is 6.52. The van der Waals surface area contributed by atoms with E-state index >= 15 is 0 Å². The molecule has 0 bridgehead atoms. The first-order valence-corrected chi connectivity index (χ1v) is 14.3. The highest BCUT2D eigenvalue weighted by Gasteiger charge is 2.37. The zero-order valence-electron chi connectivity index (χ0n) is 22.6. The SMILES string of the molecule is CC1CCC(Cn2c(N3C[C@H](O)C[C@H]3C(C)C)nc3cc(C4NOC(=O)N4)nc(-c4cncc(Cl)c4)c32)CC1. The van der Waals surface area contributed by atoms with Crippen LogP contribution in [0, 0.1) is 17.8 Å². The van der Waals surface area contributed by atoms with Crippen LogP contribution in [-0.4, -0.2) is 49.4 Å². The maximum Gasteiger partial charge on any atom is 0.427 e. The fraction of sp³-hybridized carbons (Fsp3) is 0.571. The minimum Gasteiger partial charge on any atom is -0.391 e. The molecule has 0 radical (unpaired) electrons. The Morgan fingerprint density at radius 1 is 1.18 bits per heavy atom. The number of amides is 1. The van der Waals surface area contributed by atoms with E-state index in [0.29, 0.717) is 41.2 Å². The molecule has 2 aliphatic heterocycles. The molecule has 0 aromatic carbocycles. The molecule has 5 heterocycles. The lowest BCUT2D eigenvalue weighted by atomic mass is 9.83. The third kappa shape index (κ3) is 5.17. The Morgan fingerprint density at radius 2 is 1.97 bits per heavy atom. The Morgan fingerprint density at radius 3 is 2.67 bits per heavy atom. The molecule has 3 atom stereocenters. The first-order chi connectivity index (χ1) is 18.8. The molecule has 3 aromatic heterocycles. The number of carbonyl (C=O) groups is 1. The fourth-order valence-electron chi connectivity index (χ4n) is 6.34. The Kier molecular flexibility index (Phi) is 7.11. The van der Waals surface area contributed by atoms with E-state index in [2.05, 4.69) is 46.0 Å². The van der Waals surface area contributed by atoms with E-state index < -0.39 is 18.4 Å². The van der Waals surface area contributed by atoms with E-state index in [0.717, 1.165) is 35.0 Å². The topological polar surface area (TPSA) is 117 Å². The first-order valence-electron chi connectivity index (χ1n) is 14.0. The minimum absolute atomic E-state index is 0.176. The molecule has 10 nitrogen and oxygen atoms in total. The standard InChI is InChI=1S/C28H36ClN7O3/c1-15(2)23-9-20(37)14-35(23)27-32-21-10-22(26-33-28(38)39-34-26)31-24(18-8-19(29)12-30-11-18)25(21)36(27)13-17-6-4-16(3)5-7-17/h8,10-12,15-17,20,23,26,34,37H,4-7,9,13-14H2,1-3H3,(H,33,38)/t16?,17?,20-,23+,26?/m1/s1. The highest BCUT2D eigenvalue weighted by Crippen LogP contribution is 2.39. The number of pyridine rings is 2. The predicted molar refractivity (Wildman–Crippen MR) is 149 cm³/mol. The molecule has 3 aromatic rings. The largest absolute Gasteiger partial charge is 0.427 e. The van der Waals surface area contributed by atoms with E-state index in [1.54, 1.807) is 12.4 Å². The highest BCUT2D eigenvalue weighted by molar-refractivity contribution is 6.30. The highest BCUT2D eigenvalue weighted by atomic mass is 35.5. The van der Waals surface area contributed by atoms with Crippen LogP contribution < -0.4 is 15.7 Å². The molecule has 3 aliphatic rings. The average Bonchev–Trinajstić information content (AvgIpc) is 3.61. The monoisotopic (exact) mass is 553 g/mol. The molecule has 6 rings (SSSR count). The third-order valence-electron chi connectivity index (χ3n) is 8.45. The minimum atomic E-state index is -0.613. The van der Waals surface area contributed by atoms with E-state index in [4.69, 9.17) is 26.4 Å². The molecule has 2 saturated heterocycles. The number of hydroxylamine groups is 1. The van der Waals surface area contributed by atoms with Crippen molar-refractivity contribution in [3.05, 3.63) is 35.2 Å². The summed E-state index contributed by atoms with van der Waals surface area (Å²) in [6, 6.07) is 3.94. The summed E-state index contributed by atoms with van der Waals surface area (Å²) < 4.78 is 2.31. The van der Waals surface area contributed by atoms with Gasteiger partial charge in [-0.05, 0) is 49.1 Å². The number of nitrogens with zero attached hydrogens (tertiary/aromatic N) is 5. The molecule has 0 spiro atoms. The number of halogens is 1. The summed E-state index contributed by atoms with van der Waals surface area (Å²) in [5.74, 6) is 2.49. The van der Waals surface area contributed by atoms with Gasteiger partial charge in [-0.15, -0.1) is 5.48 Å². The van der Waals surface area contributed by atoms with Crippen molar-refractivity contribution in [3.63, 3.8) is 0 Å². The number of nitrogens with one attached hydrogen (secondary N) is 2. The summed E-state index contributed by atoms with van der Waals surface area (Å²) in [6.07, 6.45) is 7.29. The third-order valence-corrected chi connectivity index (χ3v) is 8.66. The van der Waals surface area contributed by atoms with Crippen LogP contribution in [0.5, 0.6) is 0 Å². The molecule has 11 heteroatoms. The van der Waals surface area contributed by atoms with Crippen molar-refractivity contribution >= 4 is 34.7 Å². The number of aliphatic hydroxyl groups is 1. The number of rotatable bonds is 6. The van der Waals surface area contributed by atoms with Crippen molar-refractivity contribution in [1.82, 2.24) is 30.3 Å². The molecule has 1 saturated carbocycles. The van der Waals surface area contributed by atoms with Crippen LogP contribution in [0.15, 0.2) is 24.5 Å².